The second-order valence-electron chi connectivity index (χ2n) is 4.55. The molecular weight excluding hydrogens is 463 g/mol. The van der Waals surface area contributed by atoms with E-state index in [1.54, 1.807) is 36.4 Å². The maximum atomic E-state index is 11.8. The van der Waals surface area contributed by atoms with Gasteiger partial charge >= 0.3 is 0 Å². The fourth-order valence-electron chi connectivity index (χ4n) is 1.73. The van der Waals surface area contributed by atoms with Crippen molar-refractivity contribution in [1.82, 2.24) is 5.43 Å². The highest BCUT2D eigenvalue weighted by atomic mass is 79.9. The Morgan fingerprint density at radius 2 is 2.00 bits per heavy atom. The Kier molecular flexibility index (Phi) is 7.08. The monoisotopic (exact) mass is 474 g/mol. The van der Waals surface area contributed by atoms with Gasteiger partial charge in [-0.25, -0.2) is 5.43 Å². The number of carbonyl (C=O) groups excluding carboxylic acids is 1. The Balaban J connectivity index is 1.91. The van der Waals surface area contributed by atoms with Gasteiger partial charge in [0.05, 0.1) is 17.8 Å². The molecule has 0 atom stereocenters. The van der Waals surface area contributed by atoms with Gasteiger partial charge in [0.15, 0.2) is 18.1 Å². The first-order valence-corrected chi connectivity index (χ1v) is 8.69. The molecule has 2 rings (SSSR count). The van der Waals surface area contributed by atoms with Crippen molar-refractivity contribution in [3.05, 3.63) is 55.9 Å². The molecule has 0 heterocycles. The van der Waals surface area contributed by atoms with Crippen LogP contribution in [0.2, 0.25) is 5.02 Å². The Morgan fingerprint density at radius 3 is 2.67 bits per heavy atom. The number of hydrogen-bond acceptors (Lipinski definition) is 4. The zero-order valence-electron chi connectivity index (χ0n) is 12.6. The number of amides is 1. The largest absolute Gasteiger partial charge is 0.493 e. The number of methoxy groups -OCH3 is 1. The van der Waals surface area contributed by atoms with Crippen LogP contribution in [0.25, 0.3) is 0 Å². The van der Waals surface area contributed by atoms with Gasteiger partial charge < -0.3 is 9.47 Å². The number of ether oxygens (including phenoxy) is 2. The number of rotatable bonds is 6. The lowest BCUT2D eigenvalue weighted by atomic mass is 10.2. The van der Waals surface area contributed by atoms with E-state index in [1.807, 2.05) is 0 Å². The highest BCUT2D eigenvalue weighted by Gasteiger charge is 2.12. The molecule has 2 aromatic carbocycles. The standard InChI is InChI=1S/C16H13Br2ClN2O3/c1-23-14-7-11(17)6-13(18)16(14)24-9-15(22)21-20-8-10-2-4-12(19)5-3-10/h2-8H,9H2,1H3,(H,21,22)/b20-8-. The van der Waals surface area contributed by atoms with Crippen molar-refractivity contribution in [3.63, 3.8) is 0 Å². The lowest BCUT2D eigenvalue weighted by Crippen LogP contribution is -2.24. The van der Waals surface area contributed by atoms with Gasteiger partial charge in [-0.05, 0) is 45.8 Å². The van der Waals surface area contributed by atoms with Crippen LogP contribution in [0, 0.1) is 0 Å². The molecule has 0 radical (unpaired) electrons. The minimum atomic E-state index is -0.392. The first-order valence-electron chi connectivity index (χ1n) is 6.73. The number of carbonyl (C=O) groups is 1. The molecule has 0 aromatic heterocycles. The smallest absolute Gasteiger partial charge is 0.277 e. The van der Waals surface area contributed by atoms with E-state index < -0.39 is 5.91 Å². The molecule has 0 bridgehead atoms. The zero-order valence-corrected chi connectivity index (χ0v) is 16.5. The van der Waals surface area contributed by atoms with Crippen LogP contribution >= 0.6 is 43.5 Å². The second-order valence-corrected chi connectivity index (χ2v) is 6.76. The number of hydrogen-bond donors (Lipinski definition) is 1. The van der Waals surface area contributed by atoms with Gasteiger partial charge in [-0.1, -0.05) is 39.7 Å². The molecule has 5 nitrogen and oxygen atoms in total. The topological polar surface area (TPSA) is 59.9 Å². The van der Waals surface area contributed by atoms with Crippen molar-refractivity contribution in [3.8, 4) is 11.5 Å². The zero-order chi connectivity index (χ0) is 17.5. The second kappa shape index (κ2) is 9.05. The third kappa shape index (κ3) is 5.51. The van der Waals surface area contributed by atoms with Crippen LogP contribution in [0.3, 0.4) is 0 Å². The van der Waals surface area contributed by atoms with E-state index in [9.17, 15) is 4.79 Å². The van der Waals surface area contributed by atoms with Gasteiger partial charge in [0.2, 0.25) is 0 Å². The van der Waals surface area contributed by atoms with Crippen LogP contribution < -0.4 is 14.9 Å². The van der Waals surface area contributed by atoms with Crippen LogP contribution in [0.5, 0.6) is 11.5 Å². The normalized spacial score (nSPS) is 10.7. The molecular formula is C16H13Br2ClN2O3. The van der Waals surface area contributed by atoms with Gasteiger partial charge in [-0.2, -0.15) is 5.10 Å². The first kappa shape index (κ1) is 18.8. The van der Waals surface area contributed by atoms with E-state index in [0.717, 1.165) is 10.0 Å². The van der Waals surface area contributed by atoms with Crippen LogP contribution in [0.1, 0.15) is 5.56 Å². The van der Waals surface area contributed by atoms with Gasteiger partial charge in [-0.3, -0.25) is 4.79 Å². The number of hydrazone groups is 1. The summed E-state index contributed by atoms with van der Waals surface area (Å²) in [4.78, 5) is 11.8. The number of benzene rings is 2. The summed E-state index contributed by atoms with van der Waals surface area (Å²) in [7, 11) is 1.53. The number of nitrogens with zero attached hydrogens (tertiary/aromatic N) is 1. The minimum Gasteiger partial charge on any atom is -0.493 e. The van der Waals surface area contributed by atoms with E-state index in [0.29, 0.717) is 21.0 Å². The lowest BCUT2D eigenvalue weighted by molar-refractivity contribution is -0.123. The molecule has 126 valence electrons. The van der Waals surface area contributed by atoms with Crippen LogP contribution in [0.15, 0.2) is 50.4 Å². The van der Waals surface area contributed by atoms with E-state index in [-0.39, 0.29) is 6.61 Å². The maximum Gasteiger partial charge on any atom is 0.277 e. The van der Waals surface area contributed by atoms with Gasteiger partial charge in [0, 0.05) is 9.50 Å². The van der Waals surface area contributed by atoms with Crippen molar-refractivity contribution < 1.29 is 14.3 Å². The molecule has 0 aliphatic carbocycles. The predicted molar refractivity (Wildman–Crippen MR) is 101 cm³/mol. The van der Waals surface area contributed by atoms with E-state index >= 15 is 0 Å². The van der Waals surface area contributed by atoms with E-state index in [4.69, 9.17) is 21.1 Å². The van der Waals surface area contributed by atoms with Crippen molar-refractivity contribution in [2.24, 2.45) is 5.10 Å². The number of nitrogens with one attached hydrogen (secondary N) is 1. The maximum absolute atomic E-state index is 11.8. The Labute approximate surface area is 161 Å². The molecule has 0 spiro atoms. The summed E-state index contributed by atoms with van der Waals surface area (Å²) in [5.74, 6) is 0.559. The van der Waals surface area contributed by atoms with Crippen LogP contribution in [0.4, 0.5) is 0 Å². The minimum absolute atomic E-state index is 0.200. The molecule has 2 aromatic rings. The molecule has 0 unspecified atom stereocenters. The first-order chi connectivity index (χ1) is 11.5. The summed E-state index contributed by atoms with van der Waals surface area (Å²) in [5.41, 5.74) is 3.21. The molecule has 0 aliphatic heterocycles. The Hall–Kier alpha value is -1.57. The summed E-state index contributed by atoms with van der Waals surface area (Å²) in [6.45, 7) is -0.200. The van der Waals surface area contributed by atoms with Crippen molar-refractivity contribution in [2.75, 3.05) is 13.7 Å². The number of halogens is 3. The molecule has 1 amide bonds. The molecule has 24 heavy (non-hydrogen) atoms. The summed E-state index contributed by atoms with van der Waals surface area (Å²) < 4.78 is 12.2. The lowest BCUT2D eigenvalue weighted by Gasteiger charge is -2.12. The van der Waals surface area contributed by atoms with Crippen LogP contribution in [-0.4, -0.2) is 25.8 Å². The Morgan fingerprint density at radius 1 is 1.29 bits per heavy atom. The highest BCUT2D eigenvalue weighted by Crippen LogP contribution is 2.38. The third-order valence-electron chi connectivity index (χ3n) is 2.81. The van der Waals surface area contributed by atoms with Gasteiger partial charge in [0.1, 0.15) is 0 Å². The van der Waals surface area contributed by atoms with Crippen molar-refractivity contribution >= 4 is 55.6 Å². The molecule has 0 fully saturated rings. The van der Waals surface area contributed by atoms with Crippen molar-refractivity contribution in [1.29, 1.82) is 0 Å². The fraction of sp³-hybridized carbons (Fsp3) is 0.125. The third-order valence-corrected chi connectivity index (χ3v) is 4.11. The Bertz CT molecular complexity index is 752. The predicted octanol–water partition coefficient (Wildman–Crippen LogP) is 4.40. The molecule has 0 saturated carbocycles. The van der Waals surface area contributed by atoms with Gasteiger partial charge in [-0.15, -0.1) is 0 Å². The molecule has 0 saturated heterocycles. The summed E-state index contributed by atoms with van der Waals surface area (Å²) in [6.07, 6.45) is 1.52. The average molecular weight is 477 g/mol. The molecule has 1 N–H and O–H groups in total. The van der Waals surface area contributed by atoms with E-state index in [2.05, 4.69) is 42.4 Å². The van der Waals surface area contributed by atoms with E-state index in [1.165, 1.54) is 13.3 Å². The summed E-state index contributed by atoms with van der Waals surface area (Å²) in [6, 6.07) is 10.6. The highest BCUT2D eigenvalue weighted by molar-refractivity contribution is 9.11. The fourth-order valence-corrected chi connectivity index (χ4v) is 3.15. The average Bonchev–Trinajstić information content (AvgIpc) is 2.55. The van der Waals surface area contributed by atoms with Crippen LogP contribution in [-0.2, 0) is 4.79 Å². The summed E-state index contributed by atoms with van der Waals surface area (Å²) in [5, 5.41) is 4.50. The van der Waals surface area contributed by atoms with Crippen molar-refractivity contribution in [2.45, 2.75) is 0 Å². The summed E-state index contributed by atoms with van der Waals surface area (Å²) >= 11 is 12.5. The van der Waals surface area contributed by atoms with Gasteiger partial charge in [0.25, 0.3) is 5.91 Å². The molecule has 8 heteroatoms. The quantitative estimate of drug-likeness (QED) is 0.497. The SMILES string of the molecule is COc1cc(Br)cc(Br)c1OCC(=O)N/N=C\c1ccc(Cl)cc1. The molecule has 0 aliphatic rings.